The lowest BCUT2D eigenvalue weighted by Gasteiger charge is -1.46. The smallest absolute Gasteiger partial charge is 0.0408 e. The third kappa shape index (κ3) is 3940. The highest BCUT2D eigenvalue weighted by atomic mass is 32.2. The molecular weight excluding hydrogens is 115 g/mol. The average Bonchev–Trinajstić information content (AvgIpc) is 1.39. The Labute approximate surface area is 38.1 Å². The zero-order valence-electron chi connectivity index (χ0n) is 3.04. The van der Waals surface area contributed by atoms with E-state index in [1.54, 1.807) is 0 Å². The van der Waals surface area contributed by atoms with E-state index in [2.05, 4.69) is 0 Å². The minimum Gasteiger partial charge on any atom is -0.166 e. The van der Waals surface area contributed by atoms with E-state index < -0.39 is 0 Å². The first-order valence-corrected chi connectivity index (χ1v) is 2.07. The molecule has 0 saturated heterocycles. The molecule has 1 nitrogen and oxygen atoms in total. The summed E-state index contributed by atoms with van der Waals surface area (Å²) in [4.78, 5) is 0. The SMILES string of the molecule is CSF.FNF. The van der Waals surface area contributed by atoms with Gasteiger partial charge in [-0.1, -0.05) is 0 Å². The van der Waals surface area contributed by atoms with Gasteiger partial charge in [-0.15, -0.1) is 8.96 Å². The first-order valence-electron chi connectivity index (χ1n) is 0.941. The lowest BCUT2D eigenvalue weighted by atomic mass is 12.0. The topological polar surface area (TPSA) is 12.0 Å². The summed E-state index contributed by atoms with van der Waals surface area (Å²) in [5, 5.41) is 0. The molecule has 0 rings (SSSR count). The van der Waals surface area contributed by atoms with Crippen molar-refractivity contribution >= 4 is 12.1 Å². The molecule has 0 bridgehead atoms. The zero-order chi connectivity index (χ0) is 5.41. The van der Waals surface area contributed by atoms with Gasteiger partial charge in [0.2, 0.25) is 0 Å². The summed E-state index contributed by atoms with van der Waals surface area (Å²) in [7, 11) is 0. The van der Waals surface area contributed by atoms with Crippen LogP contribution < -0.4 is 5.76 Å². The number of halogens is 3. The van der Waals surface area contributed by atoms with Gasteiger partial charge in [0.1, 0.15) is 0 Å². The van der Waals surface area contributed by atoms with Crippen molar-refractivity contribution in [1.29, 1.82) is 0 Å². The molecular formula is CH4F3NS. The van der Waals surface area contributed by atoms with E-state index in [0.717, 1.165) is 0 Å². The van der Waals surface area contributed by atoms with Gasteiger partial charge >= 0.3 is 0 Å². The van der Waals surface area contributed by atoms with Crippen LogP contribution in [0.1, 0.15) is 0 Å². The minimum atomic E-state index is -0.250. The molecule has 0 atom stereocenters. The minimum absolute atomic E-state index is 0.250. The quantitative estimate of drug-likeness (QED) is 0.486. The molecule has 0 aromatic heterocycles. The summed E-state index contributed by atoms with van der Waals surface area (Å²) < 4.78 is 29.0. The van der Waals surface area contributed by atoms with E-state index in [1.165, 1.54) is 6.26 Å². The highest BCUT2D eigenvalue weighted by molar-refractivity contribution is 7.93. The fourth-order valence-corrected chi connectivity index (χ4v) is 0. The Kier molecular flexibility index (Phi) is 30.6. The molecule has 0 heterocycles. The van der Waals surface area contributed by atoms with Crippen LogP contribution in [-0.2, 0) is 0 Å². The maximum absolute atomic E-state index is 10.2. The number of hydrogen-bond donors (Lipinski definition) is 1. The zero-order valence-corrected chi connectivity index (χ0v) is 3.86. The Bertz CT molecular complexity index is 12.8. The number of nitrogens with one attached hydrogen (secondary N) is 1. The van der Waals surface area contributed by atoms with Crippen molar-refractivity contribution in [3.05, 3.63) is 0 Å². The molecule has 0 radical (unpaired) electrons. The van der Waals surface area contributed by atoms with Gasteiger partial charge < -0.3 is 0 Å². The van der Waals surface area contributed by atoms with Gasteiger partial charge in [-0.05, 0) is 0 Å². The molecule has 5 heteroatoms. The molecule has 0 aromatic rings. The normalized spacial score (nSPS) is 6.00. The average molecular weight is 119 g/mol. The van der Waals surface area contributed by atoms with Crippen LogP contribution in [0.3, 0.4) is 0 Å². The molecule has 0 aliphatic heterocycles. The molecule has 0 aromatic carbocycles. The van der Waals surface area contributed by atoms with Gasteiger partial charge in [-0.3, -0.25) is 0 Å². The molecule has 1 N–H and O–H groups in total. The van der Waals surface area contributed by atoms with Crippen molar-refractivity contribution in [3.8, 4) is 0 Å². The first kappa shape index (κ1) is 9.44. The monoisotopic (exact) mass is 119 g/mol. The van der Waals surface area contributed by atoms with Crippen molar-refractivity contribution in [2.45, 2.75) is 0 Å². The molecule has 0 unspecified atom stereocenters. The van der Waals surface area contributed by atoms with E-state index in [1.807, 2.05) is 0 Å². The van der Waals surface area contributed by atoms with Crippen molar-refractivity contribution < 1.29 is 12.8 Å². The highest BCUT2D eigenvalue weighted by Gasteiger charge is 1.40. The van der Waals surface area contributed by atoms with Gasteiger partial charge in [-0.2, -0.15) is 3.89 Å². The van der Waals surface area contributed by atoms with Crippen molar-refractivity contribution in [2.24, 2.45) is 0 Å². The Morgan fingerprint density at radius 1 is 1.50 bits per heavy atom. The molecule has 0 spiro atoms. The largest absolute Gasteiger partial charge is 0.166 e. The summed E-state index contributed by atoms with van der Waals surface area (Å²) in [6, 6.07) is 0. The van der Waals surface area contributed by atoms with Crippen LogP contribution in [-0.4, -0.2) is 6.26 Å². The lowest BCUT2D eigenvalue weighted by molar-refractivity contribution is 0.130. The van der Waals surface area contributed by atoms with Crippen molar-refractivity contribution in [1.82, 2.24) is 5.76 Å². The van der Waals surface area contributed by atoms with Gasteiger partial charge in [0.15, 0.2) is 0 Å². The Morgan fingerprint density at radius 3 is 1.50 bits per heavy atom. The molecule has 0 fully saturated rings. The first-order chi connectivity index (χ1) is 2.83. The summed E-state index contributed by atoms with van der Waals surface area (Å²) >= 11 is 0.250. The van der Waals surface area contributed by atoms with Crippen LogP contribution in [0.5, 0.6) is 0 Å². The van der Waals surface area contributed by atoms with Crippen LogP contribution in [0.4, 0.5) is 12.8 Å². The Balaban J connectivity index is 0. The highest BCUT2D eigenvalue weighted by Crippen LogP contribution is 1.84. The maximum Gasteiger partial charge on any atom is 0.0408 e. The van der Waals surface area contributed by atoms with Crippen LogP contribution in [0.25, 0.3) is 0 Å². The fourth-order valence-electron chi connectivity index (χ4n) is 0. The number of hydrogen-bond acceptors (Lipinski definition) is 2. The third-order valence-electron chi connectivity index (χ3n) is 0. The summed E-state index contributed by atoms with van der Waals surface area (Å²) in [6.45, 7) is 0. The van der Waals surface area contributed by atoms with Gasteiger partial charge in [0.05, 0.1) is 0 Å². The second-order valence-corrected chi connectivity index (χ2v) is 0.534. The van der Waals surface area contributed by atoms with Gasteiger partial charge in [0, 0.05) is 24.2 Å². The van der Waals surface area contributed by atoms with Crippen molar-refractivity contribution in [3.63, 3.8) is 0 Å². The second-order valence-electron chi connectivity index (χ2n) is 0.226. The van der Waals surface area contributed by atoms with E-state index in [0.29, 0.717) is 0 Å². The molecule has 0 saturated carbocycles. The number of rotatable bonds is 0. The summed E-state index contributed by atoms with van der Waals surface area (Å²) in [5.74, 6) is -0.250. The Hall–Kier alpha value is 0.1000. The van der Waals surface area contributed by atoms with Crippen LogP contribution in [0.15, 0.2) is 0 Å². The predicted molar refractivity (Wildman–Crippen MR) is 20.0 cm³/mol. The Morgan fingerprint density at radius 2 is 1.50 bits per heavy atom. The van der Waals surface area contributed by atoms with Crippen LogP contribution >= 0.6 is 12.1 Å². The lowest BCUT2D eigenvalue weighted by Crippen LogP contribution is -1.67. The molecule has 0 aliphatic rings. The van der Waals surface area contributed by atoms with Gasteiger partial charge in [-0.25, -0.2) is 0 Å². The van der Waals surface area contributed by atoms with E-state index in [9.17, 15) is 12.8 Å². The van der Waals surface area contributed by atoms with Crippen LogP contribution in [0, 0.1) is 0 Å². The van der Waals surface area contributed by atoms with E-state index in [-0.39, 0.29) is 17.9 Å². The predicted octanol–water partition coefficient (Wildman–Crippen LogP) is 1.58. The van der Waals surface area contributed by atoms with E-state index in [4.69, 9.17) is 0 Å². The second kappa shape index (κ2) is 19.4. The summed E-state index contributed by atoms with van der Waals surface area (Å²) in [5.41, 5.74) is 0. The molecule has 6 heavy (non-hydrogen) atoms. The molecule has 0 amide bonds. The standard InChI is InChI=1S/CH3FS.F2HN/c2*1-3-2/h1H3;3H. The summed E-state index contributed by atoms with van der Waals surface area (Å²) in [6.07, 6.45) is 1.38. The molecule has 40 valence electrons. The molecule has 0 aliphatic carbocycles. The fraction of sp³-hybridized carbons (Fsp3) is 1.00. The maximum atomic E-state index is 10.2. The third-order valence-corrected chi connectivity index (χ3v) is 0. The van der Waals surface area contributed by atoms with E-state index >= 15 is 0 Å². The van der Waals surface area contributed by atoms with Crippen LogP contribution in [0.2, 0.25) is 0 Å². The van der Waals surface area contributed by atoms with Gasteiger partial charge in [0.25, 0.3) is 0 Å². The van der Waals surface area contributed by atoms with Crippen molar-refractivity contribution in [2.75, 3.05) is 6.26 Å².